The fourth-order valence-corrected chi connectivity index (χ4v) is 3.21. The molecule has 0 bridgehead atoms. The summed E-state index contributed by atoms with van der Waals surface area (Å²) < 4.78 is 49.2. The molecular formula is C20H28F3IN4O2S. The summed E-state index contributed by atoms with van der Waals surface area (Å²) >= 11 is 0.960. The van der Waals surface area contributed by atoms with Gasteiger partial charge in [0.1, 0.15) is 17.4 Å². The van der Waals surface area contributed by atoms with Crippen molar-refractivity contribution in [3.63, 3.8) is 0 Å². The molecule has 6 nitrogen and oxygen atoms in total. The fourth-order valence-electron chi connectivity index (χ4n) is 2.47. The summed E-state index contributed by atoms with van der Waals surface area (Å²) in [5.41, 5.74) is 1.10. The van der Waals surface area contributed by atoms with Crippen LogP contribution in [-0.2, 0) is 24.0 Å². The highest BCUT2D eigenvalue weighted by Gasteiger charge is 2.33. The van der Waals surface area contributed by atoms with Crippen LogP contribution in [0, 0.1) is 6.92 Å². The van der Waals surface area contributed by atoms with Crippen LogP contribution in [0.3, 0.4) is 0 Å². The van der Waals surface area contributed by atoms with Gasteiger partial charge in [-0.3, -0.25) is 0 Å². The number of rotatable bonds is 10. The molecule has 0 atom stereocenters. The molecule has 0 fully saturated rings. The van der Waals surface area contributed by atoms with Crippen molar-refractivity contribution in [1.82, 2.24) is 15.6 Å². The Labute approximate surface area is 201 Å². The van der Waals surface area contributed by atoms with Crippen LogP contribution >= 0.6 is 35.3 Å². The SMILES string of the molecule is CCNC(=NCc1ccc(C)cc1OCCOCC)NCc1nc(C(F)(F)F)cs1.I. The third-order valence-corrected chi connectivity index (χ3v) is 4.76. The van der Waals surface area contributed by atoms with Crippen molar-refractivity contribution in [2.75, 3.05) is 26.4 Å². The minimum atomic E-state index is -4.43. The maximum atomic E-state index is 12.7. The Balaban J connectivity index is 0.00000480. The summed E-state index contributed by atoms with van der Waals surface area (Å²) in [6, 6.07) is 5.88. The molecule has 2 aromatic rings. The van der Waals surface area contributed by atoms with Crippen molar-refractivity contribution >= 4 is 41.3 Å². The number of nitrogens with one attached hydrogen (secondary N) is 2. The van der Waals surface area contributed by atoms with Crippen LogP contribution in [0.15, 0.2) is 28.6 Å². The van der Waals surface area contributed by atoms with Crippen LogP contribution < -0.4 is 15.4 Å². The minimum Gasteiger partial charge on any atom is -0.491 e. The van der Waals surface area contributed by atoms with Gasteiger partial charge in [0.05, 0.1) is 19.7 Å². The van der Waals surface area contributed by atoms with E-state index in [0.29, 0.717) is 43.9 Å². The molecule has 174 valence electrons. The third-order valence-electron chi connectivity index (χ3n) is 3.91. The van der Waals surface area contributed by atoms with Gasteiger partial charge < -0.3 is 20.1 Å². The standard InChI is InChI=1S/C20H27F3N4O2S.HI/c1-4-24-19(26-12-18-27-17(13-30-18)20(21,22)23)25-11-15-7-6-14(3)10-16(15)29-9-8-28-5-2;/h6-7,10,13H,4-5,8-9,11-12H2,1-3H3,(H2,24,25,26);1H. The van der Waals surface area contributed by atoms with Crippen LogP contribution in [0.1, 0.15) is 35.7 Å². The molecule has 31 heavy (non-hydrogen) atoms. The van der Waals surface area contributed by atoms with Gasteiger partial charge in [-0.1, -0.05) is 12.1 Å². The van der Waals surface area contributed by atoms with Gasteiger partial charge in [0, 0.05) is 24.1 Å². The number of hydrogen-bond acceptors (Lipinski definition) is 5. The van der Waals surface area contributed by atoms with Crippen molar-refractivity contribution in [1.29, 1.82) is 0 Å². The van der Waals surface area contributed by atoms with Gasteiger partial charge in [-0.25, -0.2) is 9.98 Å². The molecule has 0 radical (unpaired) electrons. The number of hydrogen-bond donors (Lipinski definition) is 2. The summed E-state index contributed by atoms with van der Waals surface area (Å²) in [4.78, 5) is 8.15. The van der Waals surface area contributed by atoms with Gasteiger partial charge in [0.25, 0.3) is 0 Å². The van der Waals surface area contributed by atoms with E-state index in [1.165, 1.54) is 0 Å². The van der Waals surface area contributed by atoms with E-state index in [9.17, 15) is 13.2 Å². The molecule has 1 heterocycles. The maximum Gasteiger partial charge on any atom is 0.434 e. The predicted octanol–water partition coefficient (Wildman–Crippen LogP) is 4.76. The number of ether oxygens (including phenoxy) is 2. The molecule has 0 aliphatic heterocycles. The summed E-state index contributed by atoms with van der Waals surface area (Å²) in [7, 11) is 0. The number of alkyl halides is 3. The number of halogens is 4. The summed E-state index contributed by atoms with van der Waals surface area (Å²) in [5, 5.41) is 7.45. The summed E-state index contributed by atoms with van der Waals surface area (Å²) in [5.74, 6) is 1.23. The lowest BCUT2D eigenvalue weighted by Crippen LogP contribution is -2.36. The average molecular weight is 572 g/mol. The molecule has 0 aliphatic carbocycles. The first-order chi connectivity index (χ1) is 14.3. The van der Waals surface area contributed by atoms with Crippen molar-refractivity contribution in [3.8, 4) is 5.75 Å². The van der Waals surface area contributed by atoms with Crippen molar-refractivity contribution in [3.05, 3.63) is 45.4 Å². The molecular weight excluding hydrogens is 544 g/mol. The first kappa shape index (κ1) is 27.4. The van der Waals surface area contributed by atoms with Gasteiger partial charge in [-0.15, -0.1) is 35.3 Å². The lowest BCUT2D eigenvalue weighted by molar-refractivity contribution is -0.140. The fraction of sp³-hybridized carbons (Fsp3) is 0.500. The van der Waals surface area contributed by atoms with Gasteiger partial charge in [0.2, 0.25) is 0 Å². The number of aryl methyl sites for hydroxylation is 1. The van der Waals surface area contributed by atoms with E-state index in [0.717, 1.165) is 33.6 Å². The van der Waals surface area contributed by atoms with E-state index in [1.54, 1.807) is 0 Å². The lowest BCUT2D eigenvalue weighted by Gasteiger charge is -2.13. The molecule has 2 N–H and O–H groups in total. The molecule has 0 aliphatic rings. The first-order valence-corrected chi connectivity index (χ1v) is 10.5. The van der Waals surface area contributed by atoms with Crippen LogP contribution in [0.4, 0.5) is 13.2 Å². The van der Waals surface area contributed by atoms with Gasteiger partial charge >= 0.3 is 6.18 Å². The van der Waals surface area contributed by atoms with Gasteiger partial charge in [-0.05, 0) is 32.4 Å². The van der Waals surface area contributed by atoms with Gasteiger partial charge in [-0.2, -0.15) is 13.2 Å². The second kappa shape index (κ2) is 13.7. The lowest BCUT2D eigenvalue weighted by atomic mass is 10.1. The predicted molar refractivity (Wildman–Crippen MR) is 127 cm³/mol. The Kier molecular flexibility index (Phi) is 12.2. The van der Waals surface area contributed by atoms with E-state index in [2.05, 4.69) is 20.6 Å². The minimum absolute atomic E-state index is 0. The van der Waals surface area contributed by atoms with Crippen LogP contribution in [0.2, 0.25) is 0 Å². The molecule has 0 saturated carbocycles. The zero-order valence-electron chi connectivity index (χ0n) is 17.7. The summed E-state index contributed by atoms with van der Waals surface area (Å²) in [6.07, 6.45) is -4.43. The topological polar surface area (TPSA) is 67.8 Å². The van der Waals surface area contributed by atoms with Crippen molar-refractivity contribution < 1.29 is 22.6 Å². The number of benzene rings is 1. The zero-order valence-corrected chi connectivity index (χ0v) is 20.9. The number of aliphatic imine (C=N–C) groups is 1. The Bertz CT molecular complexity index is 831. The Morgan fingerprint density at radius 2 is 1.97 bits per heavy atom. The molecule has 0 saturated heterocycles. The van der Waals surface area contributed by atoms with E-state index in [-0.39, 0.29) is 30.5 Å². The van der Waals surface area contributed by atoms with Crippen LogP contribution in [0.25, 0.3) is 0 Å². The number of aromatic nitrogens is 1. The zero-order chi connectivity index (χ0) is 22.0. The second-order valence-electron chi connectivity index (χ2n) is 6.33. The van der Waals surface area contributed by atoms with Crippen molar-refractivity contribution in [2.45, 2.75) is 40.0 Å². The normalized spacial score (nSPS) is 11.7. The molecule has 0 unspecified atom stereocenters. The monoisotopic (exact) mass is 572 g/mol. The first-order valence-electron chi connectivity index (χ1n) is 9.67. The Morgan fingerprint density at radius 3 is 2.61 bits per heavy atom. The van der Waals surface area contributed by atoms with E-state index >= 15 is 0 Å². The van der Waals surface area contributed by atoms with E-state index < -0.39 is 11.9 Å². The highest BCUT2D eigenvalue weighted by molar-refractivity contribution is 14.0. The molecule has 1 aromatic carbocycles. The van der Waals surface area contributed by atoms with Crippen LogP contribution in [-0.4, -0.2) is 37.3 Å². The van der Waals surface area contributed by atoms with E-state index in [1.807, 2.05) is 39.0 Å². The highest BCUT2D eigenvalue weighted by Crippen LogP contribution is 2.29. The highest BCUT2D eigenvalue weighted by atomic mass is 127. The third kappa shape index (κ3) is 9.60. The van der Waals surface area contributed by atoms with Crippen molar-refractivity contribution in [2.24, 2.45) is 4.99 Å². The van der Waals surface area contributed by atoms with E-state index in [4.69, 9.17) is 9.47 Å². The maximum absolute atomic E-state index is 12.7. The Hall–Kier alpha value is -1.60. The molecule has 0 amide bonds. The smallest absolute Gasteiger partial charge is 0.434 e. The molecule has 11 heteroatoms. The number of thiazole rings is 1. The van der Waals surface area contributed by atoms with Crippen LogP contribution in [0.5, 0.6) is 5.75 Å². The Morgan fingerprint density at radius 1 is 1.19 bits per heavy atom. The number of guanidine groups is 1. The summed E-state index contributed by atoms with van der Waals surface area (Å²) in [6.45, 7) is 8.52. The largest absolute Gasteiger partial charge is 0.491 e. The quantitative estimate of drug-likeness (QED) is 0.186. The molecule has 1 aromatic heterocycles. The molecule has 0 spiro atoms. The number of nitrogens with zero attached hydrogens (tertiary/aromatic N) is 2. The molecule has 2 rings (SSSR count). The average Bonchev–Trinajstić information content (AvgIpc) is 3.18. The second-order valence-corrected chi connectivity index (χ2v) is 7.27. The van der Waals surface area contributed by atoms with Gasteiger partial charge in [0.15, 0.2) is 11.7 Å².